The Hall–Kier alpha value is -1.52. The van der Waals surface area contributed by atoms with Crippen LogP contribution in [0.25, 0.3) is 0 Å². The lowest BCUT2D eigenvalue weighted by Crippen LogP contribution is -2.40. The number of ether oxygens (including phenoxy) is 1. The van der Waals surface area contributed by atoms with E-state index in [0.717, 1.165) is 19.3 Å². The van der Waals surface area contributed by atoms with E-state index in [1.165, 1.54) is 6.42 Å². The average molecular weight is 237 g/mol. The second kappa shape index (κ2) is 4.39. The topological polar surface area (TPSA) is 70.1 Å². The summed E-state index contributed by atoms with van der Waals surface area (Å²) in [5, 5.41) is 0. The van der Waals surface area contributed by atoms with E-state index in [-0.39, 0.29) is 11.2 Å². The third-order valence-corrected chi connectivity index (χ3v) is 3.73. The first kappa shape index (κ1) is 12.0. The first-order chi connectivity index (χ1) is 8.14. The van der Waals surface area contributed by atoms with Gasteiger partial charge in [0, 0.05) is 5.54 Å². The van der Waals surface area contributed by atoms with E-state index in [1.807, 2.05) is 4.57 Å². The van der Waals surface area contributed by atoms with Gasteiger partial charge in [-0.3, -0.25) is 0 Å². The minimum absolute atomic E-state index is 0.0713. The van der Waals surface area contributed by atoms with Crippen LogP contribution in [-0.2, 0) is 10.3 Å². The van der Waals surface area contributed by atoms with Gasteiger partial charge in [0.15, 0.2) is 5.69 Å². The van der Waals surface area contributed by atoms with Crippen molar-refractivity contribution in [2.24, 2.45) is 0 Å². The van der Waals surface area contributed by atoms with Gasteiger partial charge in [0.2, 0.25) is 0 Å². The first-order valence-electron chi connectivity index (χ1n) is 6.15. The molecule has 0 bridgehead atoms. The van der Waals surface area contributed by atoms with Crippen LogP contribution in [0.1, 0.15) is 50.0 Å². The maximum absolute atomic E-state index is 11.6. The van der Waals surface area contributed by atoms with Gasteiger partial charge in [-0.1, -0.05) is 6.92 Å². The third kappa shape index (κ3) is 1.79. The number of anilines is 1. The van der Waals surface area contributed by atoms with Crippen molar-refractivity contribution in [1.82, 2.24) is 9.55 Å². The summed E-state index contributed by atoms with van der Waals surface area (Å²) in [5.41, 5.74) is 6.32. The highest BCUT2D eigenvalue weighted by molar-refractivity contribution is 5.92. The Balaban J connectivity index is 2.29. The number of hydrogen-bond donors (Lipinski definition) is 1. The van der Waals surface area contributed by atoms with Crippen molar-refractivity contribution >= 4 is 11.8 Å². The van der Waals surface area contributed by atoms with E-state index in [0.29, 0.717) is 12.4 Å². The van der Waals surface area contributed by atoms with Crippen LogP contribution < -0.4 is 5.73 Å². The van der Waals surface area contributed by atoms with Crippen LogP contribution >= 0.6 is 0 Å². The summed E-state index contributed by atoms with van der Waals surface area (Å²) in [7, 11) is 0. The number of nitrogen functional groups attached to an aromatic ring is 1. The largest absolute Gasteiger partial charge is 0.461 e. The molecule has 0 aromatic carbocycles. The maximum atomic E-state index is 11.6. The molecule has 0 spiro atoms. The molecule has 1 saturated carbocycles. The molecule has 1 heterocycles. The second-order valence-electron chi connectivity index (χ2n) is 4.50. The lowest BCUT2D eigenvalue weighted by Gasteiger charge is -2.43. The molecule has 1 aliphatic carbocycles. The van der Waals surface area contributed by atoms with Crippen LogP contribution in [0.5, 0.6) is 0 Å². The number of nitrogens with zero attached hydrogens (tertiary/aromatic N) is 2. The number of esters is 1. The van der Waals surface area contributed by atoms with E-state index >= 15 is 0 Å². The fourth-order valence-electron chi connectivity index (χ4n) is 2.44. The fraction of sp³-hybridized carbons (Fsp3) is 0.667. The Morgan fingerprint density at radius 3 is 2.76 bits per heavy atom. The van der Waals surface area contributed by atoms with Gasteiger partial charge in [-0.25, -0.2) is 9.78 Å². The Bertz CT molecular complexity index is 416. The predicted molar refractivity (Wildman–Crippen MR) is 64.7 cm³/mol. The maximum Gasteiger partial charge on any atom is 0.360 e. The zero-order valence-electron chi connectivity index (χ0n) is 10.4. The molecule has 5 nitrogen and oxygen atoms in total. The molecular weight excluding hydrogens is 218 g/mol. The van der Waals surface area contributed by atoms with Crippen molar-refractivity contribution < 1.29 is 9.53 Å². The molecule has 1 fully saturated rings. The SMILES string of the molecule is CCOC(=O)c1ncn(C2(CC)CCC2)c1N. The summed E-state index contributed by atoms with van der Waals surface area (Å²) in [6, 6.07) is 0. The molecule has 0 unspecified atom stereocenters. The molecular formula is C12H19N3O2. The Kier molecular flexibility index (Phi) is 3.09. The molecule has 1 aromatic rings. The lowest BCUT2D eigenvalue weighted by molar-refractivity contribution is 0.0521. The molecule has 2 rings (SSSR count). The van der Waals surface area contributed by atoms with Gasteiger partial charge in [-0.2, -0.15) is 0 Å². The van der Waals surface area contributed by atoms with Crippen LogP contribution in [0, 0.1) is 0 Å². The number of rotatable bonds is 4. The standard InChI is InChI=1S/C12H19N3O2/c1-3-12(6-5-7-12)15-8-14-9(10(15)13)11(16)17-4-2/h8H,3-7,13H2,1-2H3. The van der Waals surface area contributed by atoms with Crippen molar-refractivity contribution in [3.8, 4) is 0 Å². The van der Waals surface area contributed by atoms with Crippen molar-refractivity contribution in [2.75, 3.05) is 12.3 Å². The second-order valence-corrected chi connectivity index (χ2v) is 4.50. The van der Waals surface area contributed by atoms with Gasteiger partial charge in [-0.05, 0) is 32.6 Å². The molecule has 0 amide bonds. The monoisotopic (exact) mass is 237 g/mol. The van der Waals surface area contributed by atoms with Crippen molar-refractivity contribution in [1.29, 1.82) is 0 Å². The molecule has 0 saturated heterocycles. The van der Waals surface area contributed by atoms with Crippen LogP contribution in [0.3, 0.4) is 0 Å². The molecule has 17 heavy (non-hydrogen) atoms. The minimum Gasteiger partial charge on any atom is -0.461 e. The van der Waals surface area contributed by atoms with Crippen LogP contribution in [0.4, 0.5) is 5.82 Å². The molecule has 1 aromatic heterocycles. The zero-order chi connectivity index (χ0) is 12.5. The normalized spacial score (nSPS) is 17.5. The van der Waals surface area contributed by atoms with Crippen LogP contribution in [0.15, 0.2) is 6.33 Å². The first-order valence-corrected chi connectivity index (χ1v) is 6.15. The van der Waals surface area contributed by atoms with Gasteiger partial charge in [-0.15, -0.1) is 0 Å². The Labute approximate surface area is 101 Å². The molecule has 0 atom stereocenters. The molecule has 0 aliphatic heterocycles. The summed E-state index contributed by atoms with van der Waals surface area (Å²) >= 11 is 0. The van der Waals surface area contributed by atoms with Gasteiger partial charge in [0.25, 0.3) is 0 Å². The van der Waals surface area contributed by atoms with E-state index < -0.39 is 5.97 Å². The van der Waals surface area contributed by atoms with Crippen molar-refractivity contribution in [3.05, 3.63) is 12.0 Å². The van der Waals surface area contributed by atoms with Crippen LogP contribution in [0.2, 0.25) is 0 Å². The summed E-state index contributed by atoms with van der Waals surface area (Å²) in [5.74, 6) is -0.000624. The minimum atomic E-state index is -0.436. The number of carbonyl (C=O) groups is 1. The molecule has 2 N–H and O–H groups in total. The molecule has 94 valence electrons. The van der Waals surface area contributed by atoms with Gasteiger partial charge in [0.05, 0.1) is 12.9 Å². The summed E-state index contributed by atoms with van der Waals surface area (Å²) < 4.78 is 6.87. The molecule has 0 radical (unpaired) electrons. The van der Waals surface area contributed by atoms with Crippen molar-refractivity contribution in [2.45, 2.75) is 45.1 Å². The molecule has 1 aliphatic rings. The number of imidazole rings is 1. The highest BCUT2D eigenvalue weighted by Gasteiger charge is 2.39. The Morgan fingerprint density at radius 2 is 2.29 bits per heavy atom. The van der Waals surface area contributed by atoms with E-state index in [2.05, 4.69) is 11.9 Å². The van der Waals surface area contributed by atoms with E-state index in [4.69, 9.17) is 10.5 Å². The van der Waals surface area contributed by atoms with Gasteiger partial charge in [0.1, 0.15) is 5.82 Å². The summed E-state index contributed by atoms with van der Waals surface area (Å²) in [6.45, 7) is 4.25. The zero-order valence-corrected chi connectivity index (χ0v) is 10.4. The quantitative estimate of drug-likeness (QED) is 0.812. The average Bonchev–Trinajstić information content (AvgIpc) is 2.61. The highest BCUT2D eigenvalue weighted by Crippen LogP contribution is 2.43. The number of nitrogens with two attached hydrogens (primary N) is 1. The lowest BCUT2D eigenvalue weighted by atomic mass is 9.74. The van der Waals surface area contributed by atoms with Gasteiger partial charge >= 0.3 is 5.97 Å². The fourth-order valence-corrected chi connectivity index (χ4v) is 2.44. The number of carbonyl (C=O) groups excluding carboxylic acids is 1. The van der Waals surface area contributed by atoms with Crippen molar-refractivity contribution in [3.63, 3.8) is 0 Å². The van der Waals surface area contributed by atoms with E-state index in [1.54, 1.807) is 13.3 Å². The Morgan fingerprint density at radius 1 is 1.59 bits per heavy atom. The smallest absolute Gasteiger partial charge is 0.360 e. The third-order valence-electron chi connectivity index (χ3n) is 3.73. The predicted octanol–water partition coefficient (Wildman–Crippen LogP) is 1.93. The summed E-state index contributed by atoms with van der Waals surface area (Å²) in [4.78, 5) is 15.7. The van der Waals surface area contributed by atoms with Gasteiger partial charge < -0.3 is 15.0 Å². The summed E-state index contributed by atoms with van der Waals surface area (Å²) in [6.07, 6.45) is 6.10. The van der Waals surface area contributed by atoms with Crippen LogP contribution in [-0.4, -0.2) is 22.1 Å². The molecule has 5 heteroatoms. The number of aromatic nitrogens is 2. The highest BCUT2D eigenvalue weighted by atomic mass is 16.5. The number of hydrogen-bond acceptors (Lipinski definition) is 4. The van der Waals surface area contributed by atoms with E-state index in [9.17, 15) is 4.79 Å².